The first-order chi connectivity index (χ1) is 20.7. The third kappa shape index (κ3) is 6.16. The molecule has 2 fully saturated rings. The number of nitrogens with one attached hydrogen (secondary N) is 3. The lowest BCUT2D eigenvalue weighted by Crippen LogP contribution is -2.52. The molecular weight excluding hydrogens is 554 g/mol. The maximum atomic E-state index is 14.1. The summed E-state index contributed by atoms with van der Waals surface area (Å²) in [6, 6.07) is 9.31. The van der Waals surface area contributed by atoms with Gasteiger partial charge in [0.15, 0.2) is 0 Å². The van der Waals surface area contributed by atoms with Gasteiger partial charge in [0.25, 0.3) is 11.5 Å². The zero-order valence-electron chi connectivity index (χ0n) is 26.3. The van der Waals surface area contributed by atoms with Gasteiger partial charge in [0, 0.05) is 41.9 Å². The molecule has 10 nitrogen and oxygen atoms in total. The van der Waals surface area contributed by atoms with Gasteiger partial charge in [-0.25, -0.2) is 9.97 Å². The number of hydrogen-bond acceptors (Lipinski definition) is 7. The topological polar surface area (TPSA) is 144 Å². The summed E-state index contributed by atoms with van der Waals surface area (Å²) < 4.78 is 0. The summed E-state index contributed by atoms with van der Waals surface area (Å²) in [6.07, 6.45) is 1.69. The Balaban J connectivity index is 1.33. The summed E-state index contributed by atoms with van der Waals surface area (Å²) in [4.78, 5) is 53.0. The number of piperidine rings is 1. The van der Waals surface area contributed by atoms with Gasteiger partial charge in [-0.2, -0.15) is 5.26 Å². The second-order valence-electron chi connectivity index (χ2n) is 13.7. The Bertz CT molecular complexity index is 1790. The van der Waals surface area contributed by atoms with E-state index in [1.807, 2.05) is 52.8 Å². The number of aromatic amines is 1. The molecule has 2 aliphatic rings. The second-order valence-corrected chi connectivity index (χ2v) is 13.7. The van der Waals surface area contributed by atoms with Crippen molar-refractivity contribution in [2.24, 2.45) is 22.7 Å². The number of rotatable bonds is 6. The van der Waals surface area contributed by atoms with E-state index in [4.69, 9.17) is 0 Å². The zero-order valence-corrected chi connectivity index (χ0v) is 26.3. The Morgan fingerprint density at radius 1 is 1.20 bits per heavy atom. The predicted molar refractivity (Wildman–Crippen MR) is 168 cm³/mol. The lowest BCUT2D eigenvalue weighted by molar-refractivity contribution is -0.135. The average Bonchev–Trinajstić information content (AvgIpc) is 3.27. The molecule has 5 rings (SSSR count). The minimum absolute atomic E-state index is 0.00156. The SMILES string of the molecule is Cc1ccc2[nH]c(=O)c(C[C@@H](C#N)NC(=O)C#C[C@@H]3[C@@H]4[C@H](CN3C(=O)[C@@H](Nc3nccc(C)n3)C(C)(C)C)C4(C)C)cc2c1. The number of fused-ring (bicyclic) bond motifs is 2. The van der Waals surface area contributed by atoms with Crippen LogP contribution in [0, 0.1) is 59.7 Å². The molecule has 1 saturated heterocycles. The highest BCUT2D eigenvalue weighted by Gasteiger charge is 2.67. The van der Waals surface area contributed by atoms with Crippen LogP contribution >= 0.6 is 0 Å². The van der Waals surface area contributed by atoms with E-state index in [-0.39, 0.29) is 35.1 Å². The first kappa shape index (κ1) is 30.7. The lowest BCUT2D eigenvalue weighted by Gasteiger charge is -2.36. The number of hydrogen-bond donors (Lipinski definition) is 3. The van der Waals surface area contributed by atoms with Gasteiger partial charge in [0.05, 0.1) is 12.1 Å². The van der Waals surface area contributed by atoms with E-state index in [0.717, 1.165) is 16.6 Å². The highest BCUT2D eigenvalue weighted by atomic mass is 16.2. The van der Waals surface area contributed by atoms with Crippen molar-refractivity contribution >= 4 is 28.7 Å². The molecule has 0 unspecified atom stereocenters. The molecule has 3 N–H and O–H groups in total. The third-order valence-electron chi connectivity index (χ3n) is 8.97. The molecule has 0 spiro atoms. The van der Waals surface area contributed by atoms with Crippen molar-refractivity contribution in [3.05, 3.63) is 63.7 Å². The molecule has 3 heterocycles. The smallest absolute Gasteiger partial charge is 0.297 e. The van der Waals surface area contributed by atoms with Crippen LogP contribution in [-0.4, -0.2) is 56.3 Å². The molecular formula is C34H39N7O3. The number of aryl methyl sites for hydroxylation is 2. The van der Waals surface area contributed by atoms with Crippen molar-refractivity contribution in [2.45, 2.75) is 73.0 Å². The number of nitrogens with zero attached hydrogens (tertiary/aromatic N) is 4. The number of nitriles is 1. The van der Waals surface area contributed by atoms with Crippen LogP contribution in [-0.2, 0) is 16.0 Å². The second kappa shape index (κ2) is 11.4. The predicted octanol–water partition coefficient (Wildman–Crippen LogP) is 3.50. The van der Waals surface area contributed by atoms with E-state index in [9.17, 15) is 19.6 Å². The number of carbonyl (C=O) groups excluding carboxylic acids is 2. The van der Waals surface area contributed by atoms with Crippen molar-refractivity contribution in [1.82, 2.24) is 25.2 Å². The van der Waals surface area contributed by atoms with Crippen LogP contribution in [0.2, 0.25) is 0 Å². The molecule has 1 aliphatic heterocycles. The molecule has 228 valence electrons. The number of H-pyrrole nitrogens is 1. The number of carbonyl (C=O) groups is 2. The molecule has 2 aromatic heterocycles. The minimum Gasteiger partial charge on any atom is -0.342 e. The molecule has 44 heavy (non-hydrogen) atoms. The first-order valence-corrected chi connectivity index (χ1v) is 14.9. The van der Waals surface area contributed by atoms with E-state index in [2.05, 4.69) is 57.3 Å². The Morgan fingerprint density at radius 2 is 1.95 bits per heavy atom. The minimum atomic E-state index is -0.949. The largest absolute Gasteiger partial charge is 0.342 e. The Kier molecular flexibility index (Phi) is 7.98. The van der Waals surface area contributed by atoms with E-state index < -0.39 is 29.4 Å². The van der Waals surface area contributed by atoms with E-state index in [0.29, 0.717) is 23.6 Å². The van der Waals surface area contributed by atoms with Crippen LogP contribution in [0.25, 0.3) is 10.9 Å². The highest BCUT2D eigenvalue weighted by molar-refractivity contribution is 5.94. The van der Waals surface area contributed by atoms with Gasteiger partial charge >= 0.3 is 0 Å². The van der Waals surface area contributed by atoms with Crippen molar-refractivity contribution in [2.75, 3.05) is 11.9 Å². The molecule has 1 saturated carbocycles. The van der Waals surface area contributed by atoms with Crippen molar-refractivity contribution < 1.29 is 9.59 Å². The van der Waals surface area contributed by atoms with Gasteiger partial charge in [-0.1, -0.05) is 52.2 Å². The zero-order chi connectivity index (χ0) is 32.0. The summed E-state index contributed by atoms with van der Waals surface area (Å²) in [5.41, 5.74) is 2.18. The number of likely N-dealkylation sites (tertiary alicyclic amines) is 1. The fourth-order valence-corrected chi connectivity index (χ4v) is 6.34. The molecule has 0 bridgehead atoms. The van der Waals surface area contributed by atoms with Crippen LogP contribution in [0.3, 0.4) is 0 Å². The quantitative estimate of drug-likeness (QED) is 0.371. The van der Waals surface area contributed by atoms with Crippen LogP contribution in [0.1, 0.15) is 51.4 Å². The van der Waals surface area contributed by atoms with Crippen LogP contribution < -0.4 is 16.2 Å². The Morgan fingerprint density at radius 3 is 2.64 bits per heavy atom. The summed E-state index contributed by atoms with van der Waals surface area (Å²) in [5.74, 6) is 5.79. The summed E-state index contributed by atoms with van der Waals surface area (Å²) >= 11 is 0. The summed E-state index contributed by atoms with van der Waals surface area (Å²) in [6.45, 7) is 14.6. The normalized spacial score (nSPS) is 21.3. The Labute approximate surface area is 257 Å². The lowest BCUT2D eigenvalue weighted by atomic mass is 9.85. The molecule has 1 aliphatic carbocycles. The standard InChI is InChI=1S/C34H39N7O3/c1-19-8-9-25-21(14-19)15-22(30(43)39-25)16-23(17-35)38-27(42)11-10-26-28-24(34(28,6)7)18-41(26)31(44)29(33(3,4)5)40-32-36-13-12-20(2)37-32/h8-9,12-15,23-24,26,28-29H,16,18H2,1-7H3,(H,38,42)(H,39,43)(H,36,37,40)/t23-,24-,26+,28-,29+/m0/s1. The maximum Gasteiger partial charge on any atom is 0.297 e. The molecule has 3 aromatic rings. The highest BCUT2D eigenvalue weighted by Crippen LogP contribution is 2.64. The molecule has 0 radical (unpaired) electrons. The molecule has 5 atom stereocenters. The number of benzene rings is 1. The van der Waals surface area contributed by atoms with Crippen molar-refractivity contribution in [1.29, 1.82) is 5.26 Å². The van der Waals surface area contributed by atoms with Gasteiger partial charge in [-0.05, 0) is 66.2 Å². The maximum absolute atomic E-state index is 14.1. The third-order valence-corrected chi connectivity index (χ3v) is 8.97. The fourth-order valence-electron chi connectivity index (χ4n) is 6.34. The van der Waals surface area contributed by atoms with Gasteiger partial charge in [0.2, 0.25) is 11.9 Å². The first-order valence-electron chi connectivity index (χ1n) is 14.9. The van der Waals surface area contributed by atoms with E-state index >= 15 is 0 Å². The Hall–Kier alpha value is -4.70. The van der Waals surface area contributed by atoms with Gasteiger partial charge < -0.3 is 20.5 Å². The van der Waals surface area contributed by atoms with Gasteiger partial charge in [-0.3, -0.25) is 14.4 Å². The van der Waals surface area contributed by atoms with E-state index in [1.165, 1.54) is 0 Å². The fraction of sp³-hybridized carbons (Fsp3) is 0.471. The van der Waals surface area contributed by atoms with Crippen molar-refractivity contribution in [3.8, 4) is 17.9 Å². The van der Waals surface area contributed by atoms with Crippen molar-refractivity contribution in [3.63, 3.8) is 0 Å². The van der Waals surface area contributed by atoms with Gasteiger partial charge in [-0.15, -0.1) is 0 Å². The number of amides is 2. The molecule has 1 aromatic carbocycles. The summed E-state index contributed by atoms with van der Waals surface area (Å²) in [7, 11) is 0. The van der Waals surface area contributed by atoms with Crippen LogP contribution in [0.5, 0.6) is 0 Å². The number of pyridine rings is 1. The van der Waals surface area contributed by atoms with Crippen LogP contribution in [0.4, 0.5) is 5.95 Å². The molecule has 10 heteroatoms. The number of aromatic nitrogens is 3. The number of anilines is 1. The van der Waals surface area contributed by atoms with Gasteiger partial charge in [0.1, 0.15) is 12.1 Å². The van der Waals surface area contributed by atoms with E-state index in [1.54, 1.807) is 23.2 Å². The monoisotopic (exact) mass is 593 g/mol. The molecule has 2 amide bonds. The van der Waals surface area contributed by atoms with Crippen LogP contribution in [0.15, 0.2) is 41.3 Å². The summed E-state index contributed by atoms with van der Waals surface area (Å²) in [5, 5.41) is 16.5. The average molecular weight is 594 g/mol.